The Balaban J connectivity index is 1.96. The Hall–Kier alpha value is -2.44. The zero-order valence-corrected chi connectivity index (χ0v) is 16.4. The predicted octanol–water partition coefficient (Wildman–Crippen LogP) is 5.48. The summed E-state index contributed by atoms with van der Waals surface area (Å²) in [6.45, 7) is 3.31. The number of rotatable bonds is 6. The molecule has 7 heteroatoms. The largest absolute Gasteiger partial charge is 0.462 e. The second kappa shape index (κ2) is 8.50. The number of furan rings is 1. The number of thioether (sulfide) groups is 1. The number of ether oxygens (including phenoxy) is 2. The van der Waals surface area contributed by atoms with Gasteiger partial charge in [0.05, 0.1) is 12.4 Å². The highest BCUT2D eigenvalue weighted by Crippen LogP contribution is 2.34. The van der Waals surface area contributed by atoms with Crippen molar-refractivity contribution in [2.45, 2.75) is 24.5 Å². The Bertz CT molecular complexity index is 978. The second-order valence-electron chi connectivity index (χ2n) is 5.61. The van der Waals surface area contributed by atoms with Crippen LogP contribution < -0.4 is 4.74 Å². The van der Waals surface area contributed by atoms with Gasteiger partial charge in [-0.05, 0) is 49.4 Å². The first-order chi connectivity index (χ1) is 13.0. The van der Waals surface area contributed by atoms with Crippen molar-refractivity contribution >= 4 is 46.3 Å². The lowest BCUT2D eigenvalue weighted by Crippen LogP contribution is -2.06. The van der Waals surface area contributed by atoms with Crippen molar-refractivity contribution in [3.05, 3.63) is 58.8 Å². The van der Waals surface area contributed by atoms with Crippen molar-refractivity contribution in [1.82, 2.24) is 0 Å². The van der Waals surface area contributed by atoms with Crippen molar-refractivity contribution in [3.8, 4) is 5.75 Å². The third-order valence-corrected chi connectivity index (χ3v) is 4.92. The Morgan fingerprint density at radius 1 is 1.15 bits per heavy atom. The molecule has 0 unspecified atom stereocenters. The average Bonchev–Trinajstić information content (AvgIpc) is 2.98. The van der Waals surface area contributed by atoms with E-state index in [0.717, 1.165) is 4.90 Å². The number of fused-ring (bicyclic) bond motifs is 1. The molecule has 5 nitrogen and oxygen atoms in total. The summed E-state index contributed by atoms with van der Waals surface area (Å²) in [5.41, 5.74) is 0.878. The van der Waals surface area contributed by atoms with Gasteiger partial charge < -0.3 is 13.9 Å². The summed E-state index contributed by atoms with van der Waals surface area (Å²) in [6.07, 6.45) is 0. The normalized spacial score (nSPS) is 10.8. The predicted molar refractivity (Wildman–Crippen MR) is 104 cm³/mol. The summed E-state index contributed by atoms with van der Waals surface area (Å²) >= 11 is 7.43. The number of esters is 2. The molecule has 0 N–H and O–H groups in total. The van der Waals surface area contributed by atoms with Crippen molar-refractivity contribution < 1.29 is 23.5 Å². The van der Waals surface area contributed by atoms with Gasteiger partial charge in [-0.25, -0.2) is 4.79 Å². The van der Waals surface area contributed by atoms with Gasteiger partial charge in [0.1, 0.15) is 22.7 Å². The maximum Gasteiger partial charge on any atom is 0.342 e. The van der Waals surface area contributed by atoms with Gasteiger partial charge in [-0.3, -0.25) is 4.79 Å². The van der Waals surface area contributed by atoms with E-state index in [1.165, 1.54) is 18.7 Å². The van der Waals surface area contributed by atoms with Gasteiger partial charge in [0, 0.05) is 22.2 Å². The molecule has 0 atom stereocenters. The SMILES string of the molecule is CCOC(=O)c1c(CSc2ccc(Cl)cc2)oc2ccc(OC(C)=O)cc12. The minimum absolute atomic E-state index is 0.249. The smallest absolute Gasteiger partial charge is 0.342 e. The molecule has 0 spiro atoms. The Morgan fingerprint density at radius 3 is 2.56 bits per heavy atom. The minimum Gasteiger partial charge on any atom is -0.462 e. The van der Waals surface area contributed by atoms with Gasteiger partial charge in [0.15, 0.2) is 0 Å². The summed E-state index contributed by atoms with van der Waals surface area (Å²) in [4.78, 5) is 24.7. The molecule has 0 radical (unpaired) electrons. The number of halogens is 1. The number of hydrogen-bond acceptors (Lipinski definition) is 6. The second-order valence-corrected chi connectivity index (χ2v) is 7.10. The van der Waals surface area contributed by atoms with E-state index in [1.807, 2.05) is 12.1 Å². The van der Waals surface area contributed by atoms with Gasteiger partial charge in [0.25, 0.3) is 0 Å². The highest BCUT2D eigenvalue weighted by molar-refractivity contribution is 7.98. The number of benzene rings is 2. The molecular weight excluding hydrogens is 388 g/mol. The molecule has 0 saturated heterocycles. The minimum atomic E-state index is -0.470. The molecular formula is C20H17ClO5S. The fourth-order valence-electron chi connectivity index (χ4n) is 2.57. The van der Waals surface area contributed by atoms with Crippen LogP contribution in [0.4, 0.5) is 0 Å². The van der Waals surface area contributed by atoms with Crippen LogP contribution in [0.5, 0.6) is 5.75 Å². The molecule has 0 aliphatic heterocycles. The Labute approximate surface area is 165 Å². The number of carbonyl (C=O) groups excluding carboxylic acids is 2. The zero-order chi connectivity index (χ0) is 19.4. The molecule has 0 amide bonds. The van der Waals surface area contributed by atoms with Gasteiger partial charge in [-0.2, -0.15) is 0 Å². The first kappa shape index (κ1) is 19.3. The standard InChI is InChI=1S/C20H17ClO5S/c1-3-24-20(23)19-16-10-14(25-12(2)22)6-9-17(16)26-18(19)11-27-15-7-4-13(21)5-8-15/h4-10H,3,11H2,1-2H3. The van der Waals surface area contributed by atoms with Crippen LogP contribution in [0.15, 0.2) is 51.8 Å². The van der Waals surface area contributed by atoms with Gasteiger partial charge in [-0.1, -0.05) is 11.6 Å². The maximum atomic E-state index is 12.5. The molecule has 27 heavy (non-hydrogen) atoms. The average molecular weight is 405 g/mol. The van der Waals surface area contributed by atoms with E-state index in [-0.39, 0.29) is 6.61 Å². The molecule has 3 aromatic rings. The fourth-order valence-corrected chi connectivity index (χ4v) is 3.52. The quantitative estimate of drug-likeness (QED) is 0.308. The van der Waals surface area contributed by atoms with Gasteiger partial charge in [-0.15, -0.1) is 11.8 Å². The maximum absolute atomic E-state index is 12.5. The molecule has 1 heterocycles. The van der Waals surface area contributed by atoms with Crippen LogP contribution in [-0.4, -0.2) is 18.5 Å². The van der Waals surface area contributed by atoms with E-state index >= 15 is 0 Å². The molecule has 1 aromatic heterocycles. The lowest BCUT2D eigenvalue weighted by atomic mass is 10.1. The molecule has 0 bridgehead atoms. The van der Waals surface area contributed by atoms with Gasteiger partial charge >= 0.3 is 11.9 Å². The first-order valence-corrected chi connectivity index (χ1v) is 9.63. The Morgan fingerprint density at radius 2 is 1.89 bits per heavy atom. The Kier molecular flexibility index (Phi) is 6.08. The zero-order valence-electron chi connectivity index (χ0n) is 14.8. The van der Waals surface area contributed by atoms with E-state index in [2.05, 4.69) is 0 Å². The van der Waals surface area contributed by atoms with E-state index in [4.69, 9.17) is 25.5 Å². The van der Waals surface area contributed by atoms with E-state index in [1.54, 1.807) is 37.3 Å². The summed E-state index contributed by atoms with van der Waals surface area (Å²) in [5.74, 6) is 0.381. The lowest BCUT2D eigenvalue weighted by Gasteiger charge is -2.04. The van der Waals surface area contributed by atoms with Crippen molar-refractivity contribution in [2.75, 3.05) is 6.61 Å². The molecule has 0 aliphatic rings. The van der Waals surface area contributed by atoms with Gasteiger partial charge in [0.2, 0.25) is 0 Å². The van der Waals surface area contributed by atoms with E-state index in [0.29, 0.717) is 38.8 Å². The molecule has 0 aliphatic carbocycles. The van der Waals surface area contributed by atoms with E-state index < -0.39 is 11.9 Å². The molecule has 140 valence electrons. The van der Waals surface area contributed by atoms with Crippen LogP contribution >= 0.6 is 23.4 Å². The molecule has 0 saturated carbocycles. The first-order valence-electron chi connectivity index (χ1n) is 8.27. The number of hydrogen-bond donors (Lipinski definition) is 0. The van der Waals surface area contributed by atoms with Crippen LogP contribution in [0.2, 0.25) is 5.02 Å². The third kappa shape index (κ3) is 4.64. The van der Waals surface area contributed by atoms with Crippen LogP contribution in [0.3, 0.4) is 0 Å². The van der Waals surface area contributed by atoms with Crippen molar-refractivity contribution in [2.24, 2.45) is 0 Å². The van der Waals surface area contributed by atoms with Crippen LogP contribution in [-0.2, 0) is 15.3 Å². The summed E-state index contributed by atoms with van der Waals surface area (Å²) < 4.78 is 16.2. The number of carbonyl (C=O) groups is 2. The van der Waals surface area contributed by atoms with Crippen molar-refractivity contribution in [3.63, 3.8) is 0 Å². The van der Waals surface area contributed by atoms with Crippen LogP contribution in [0.1, 0.15) is 30.0 Å². The summed E-state index contributed by atoms with van der Waals surface area (Å²) in [7, 11) is 0. The highest BCUT2D eigenvalue weighted by Gasteiger charge is 2.23. The van der Waals surface area contributed by atoms with Crippen LogP contribution in [0, 0.1) is 0 Å². The summed E-state index contributed by atoms with van der Waals surface area (Å²) in [5, 5.41) is 1.22. The molecule has 2 aromatic carbocycles. The topological polar surface area (TPSA) is 65.7 Å². The monoisotopic (exact) mass is 404 g/mol. The van der Waals surface area contributed by atoms with Crippen molar-refractivity contribution in [1.29, 1.82) is 0 Å². The lowest BCUT2D eigenvalue weighted by molar-refractivity contribution is -0.131. The summed E-state index contributed by atoms with van der Waals surface area (Å²) in [6, 6.07) is 12.3. The van der Waals surface area contributed by atoms with E-state index in [9.17, 15) is 9.59 Å². The van der Waals surface area contributed by atoms with Crippen LogP contribution in [0.25, 0.3) is 11.0 Å². The molecule has 3 rings (SSSR count). The fraction of sp³-hybridized carbons (Fsp3) is 0.200. The third-order valence-electron chi connectivity index (χ3n) is 3.66. The molecule has 0 fully saturated rings. The highest BCUT2D eigenvalue weighted by atomic mass is 35.5.